The van der Waals surface area contributed by atoms with Gasteiger partial charge in [0.05, 0.1) is 6.61 Å². The molecule has 6 heteroatoms. The van der Waals surface area contributed by atoms with E-state index in [1.54, 1.807) is 12.4 Å². The fraction of sp³-hybridized carbons (Fsp3) is 0.455. The lowest BCUT2D eigenvalue weighted by Crippen LogP contribution is -2.53. The molecule has 3 heterocycles. The van der Waals surface area contributed by atoms with Gasteiger partial charge in [-0.2, -0.15) is 0 Å². The Morgan fingerprint density at radius 3 is 2.68 bits per heavy atom. The monoisotopic (exact) mass is 380 g/mol. The van der Waals surface area contributed by atoms with Crippen molar-refractivity contribution in [1.29, 1.82) is 0 Å². The highest BCUT2D eigenvalue weighted by Crippen LogP contribution is 2.21. The van der Waals surface area contributed by atoms with Crippen molar-refractivity contribution in [3.63, 3.8) is 0 Å². The molecule has 148 valence electrons. The van der Waals surface area contributed by atoms with Crippen LogP contribution in [-0.2, 0) is 16.0 Å². The number of hydrogen-bond acceptors (Lipinski definition) is 5. The summed E-state index contributed by atoms with van der Waals surface area (Å²) < 4.78 is 5.77. The maximum Gasteiger partial charge on any atom is 0.242 e. The smallest absolute Gasteiger partial charge is 0.242 e. The average Bonchev–Trinajstić information content (AvgIpc) is 3.25. The molecule has 4 rings (SSSR count). The summed E-state index contributed by atoms with van der Waals surface area (Å²) in [6.45, 7) is 4.97. The summed E-state index contributed by atoms with van der Waals surface area (Å²) in [7, 11) is 0. The first-order valence-electron chi connectivity index (χ1n) is 10.1. The van der Waals surface area contributed by atoms with Gasteiger partial charge in [-0.15, -0.1) is 0 Å². The van der Waals surface area contributed by atoms with Crippen LogP contribution in [0.4, 0.5) is 0 Å². The zero-order valence-electron chi connectivity index (χ0n) is 16.2. The van der Waals surface area contributed by atoms with Gasteiger partial charge in [0.25, 0.3) is 0 Å². The number of carbonyl (C=O) groups excluding carboxylic acids is 1. The van der Waals surface area contributed by atoms with Crippen molar-refractivity contribution >= 4 is 5.91 Å². The molecule has 2 aromatic rings. The Hall–Kier alpha value is -2.28. The topological polar surface area (TPSA) is 57.7 Å². The minimum absolute atomic E-state index is 0.148. The van der Waals surface area contributed by atoms with E-state index < -0.39 is 0 Å². The highest BCUT2D eigenvalue weighted by molar-refractivity contribution is 5.82. The van der Waals surface area contributed by atoms with Gasteiger partial charge in [0.15, 0.2) is 0 Å². The van der Waals surface area contributed by atoms with Crippen LogP contribution >= 0.6 is 0 Å². The second-order valence-corrected chi connectivity index (χ2v) is 7.48. The van der Waals surface area contributed by atoms with Gasteiger partial charge >= 0.3 is 0 Å². The van der Waals surface area contributed by atoms with E-state index in [-0.39, 0.29) is 18.2 Å². The molecule has 0 spiro atoms. The van der Waals surface area contributed by atoms with Crippen LogP contribution in [-0.4, -0.2) is 66.1 Å². The van der Waals surface area contributed by atoms with Crippen molar-refractivity contribution in [2.75, 3.05) is 39.3 Å². The summed E-state index contributed by atoms with van der Waals surface area (Å²) in [5.74, 6) is 0.148. The molecule has 2 fully saturated rings. The van der Waals surface area contributed by atoms with E-state index in [2.05, 4.69) is 45.5 Å². The molecule has 2 aliphatic heterocycles. The summed E-state index contributed by atoms with van der Waals surface area (Å²) in [5.41, 5.74) is 2.35. The third-order valence-electron chi connectivity index (χ3n) is 5.53. The van der Waals surface area contributed by atoms with Crippen molar-refractivity contribution in [1.82, 2.24) is 20.1 Å². The molecular weight excluding hydrogens is 352 g/mol. The molecule has 0 bridgehead atoms. The van der Waals surface area contributed by atoms with Crippen LogP contribution in [0.5, 0.6) is 0 Å². The zero-order chi connectivity index (χ0) is 19.2. The number of carbonyl (C=O) groups is 1. The number of aryl methyl sites for hydroxylation is 1. The molecule has 2 aliphatic rings. The van der Waals surface area contributed by atoms with Crippen molar-refractivity contribution in [3.8, 4) is 0 Å². The number of pyridine rings is 1. The molecule has 1 aromatic heterocycles. The quantitative estimate of drug-likeness (QED) is 0.829. The maximum atomic E-state index is 12.8. The number of benzene rings is 1. The SMILES string of the molecule is O=C([C@@H]1COC(c2cccnc2)N1)N1CCN(CCCc2ccccc2)CC1. The Morgan fingerprint density at radius 1 is 1.11 bits per heavy atom. The lowest BCUT2D eigenvalue weighted by atomic mass is 10.1. The zero-order valence-corrected chi connectivity index (χ0v) is 16.2. The third kappa shape index (κ3) is 4.76. The van der Waals surface area contributed by atoms with Crippen molar-refractivity contribution in [2.24, 2.45) is 0 Å². The first-order valence-corrected chi connectivity index (χ1v) is 10.1. The summed E-state index contributed by atoms with van der Waals surface area (Å²) in [5, 5.41) is 3.30. The summed E-state index contributed by atoms with van der Waals surface area (Å²) in [6, 6.07) is 14.2. The first-order chi connectivity index (χ1) is 13.8. The van der Waals surface area contributed by atoms with Gasteiger partial charge in [-0.1, -0.05) is 36.4 Å². The normalized spacial score (nSPS) is 23.1. The van der Waals surface area contributed by atoms with Crippen LogP contribution in [0, 0.1) is 0 Å². The number of rotatable bonds is 6. The van der Waals surface area contributed by atoms with Gasteiger partial charge in [0.2, 0.25) is 5.91 Å². The third-order valence-corrected chi connectivity index (χ3v) is 5.53. The van der Waals surface area contributed by atoms with E-state index in [9.17, 15) is 4.79 Å². The second kappa shape index (κ2) is 9.28. The van der Waals surface area contributed by atoms with Crippen LogP contribution in [0.3, 0.4) is 0 Å². The Labute approximate surface area is 166 Å². The van der Waals surface area contributed by atoms with E-state index in [1.165, 1.54) is 5.56 Å². The number of aromatic nitrogens is 1. The van der Waals surface area contributed by atoms with E-state index >= 15 is 0 Å². The van der Waals surface area contributed by atoms with Gasteiger partial charge in [-0.05, 0) is 31.0 Å². The Bertz CT molecular complexity index is 748. The molecule has 6 nitrogen and oxygen atoms in total. The van der Waals surface area contributed by atoms with Crippen LogP contribution in [0.2, 0.25) is 0 Å². The number of piperazine rings is 1. The molecule has 1 unspecified atom stereocenters. The molecule has 1 N–H and O–H groups in total. The number of nitrogens with zero attached hydrogens (tertiary/aromatic N) is 3. The van der Waals surface area contributed by atoms with E-state index in [0.29, 0.717) is 6.61 Å². The largest absolute Gasteiger partial charge is 0.357 e. The van der Waals surface area contributed by atoms with E-state index in [0.717, 1.165) is 51.1 Å². The molecule has 0 radical (unpaired) electrons. The molecular formula is C22H28N4O2. The van der Waals surface area contributed by atoms with Gasteiger partial charge in [-0.3, -0.25) is 20.0 Å². The molecule has 0 aliphatic carbocycles. The predicted octanol–water partition coefficient (Wildman–Crippen LogP) is 1.85. The van der Waals surface area contributed by atoms with Crippen LogP contribution in [0.1, 0.15) is 23.8 Å². The standard InChI is InChI=1S/C22H28N4O2/c27-22(20-17-28-21(24-20)19-9-4-10-23-16-19)26-14-12-25(13-15-26)11-5-8-18-6-2-1-3-7-18/h1-4,6-7,9-10,16,20-21,24H,5,8,11-15,17H2/t20-,21?/m0/s1. The lowest BCUT2D eigenvalue weighted by molar-refractivity contribution is -0.134. The Morgan fingerprint density at radius 2 is 1.93 bits per heavy atom. The van der Waals surface area contributed by atoms with Crippen LogP contribution < -0.4 is 5.32 Å². The molecule has 0 saturated carbocycles. The second-order valence-electron chi connectivity index (χ2n) is 7.48. The molecule has 28 heavy (non-hydrogen) atoms. The van der Waals surface area contributed by atoms with Gasteiger partial charge in [-0.25, -0.2) is 0 Å². The van der Waals surface area contributed by atoms with E-state index in [1.807, 2.05) is 17.0 Å². The molecule has 2 atom stereocenters. The van der Waals surface area contributed by atoms with Crippen molar-refractivity contribution in [2.45, 2.75) is 25.1 Å². The fourth-order valence-electron chi connectivity index (χ4n) is 3.90. The van der Waals surface area contributed by atoms with Crippen molar-refractivity contribution in [3.05, 3.63) is 66.0 Å². The minimum atomic E-state index is -0.269. The van der Waals surface area contributed by atoms with E-state index in [4.69, 9.17) is 4.74 Å². The van der Waals surface area contributed by atoms with Gasteiger partial charge in [0.1, 0.15) is 12.3 Å². The Kier molecular flexibility index (Phi) is 6.31. The summed E-state index contributed by atoms with van der Waals surface area (Å²) in [6.07, 6.45) is 5.53. The van der Waals surface area contributed by atoms with Gasteiger partial charge < -0.3 is 9.64 Å². The van der Waals surface area contributed by atoms with Crippen molar-refractivity contribution < 1.29 is 9.53 Å². The summed E-state index contributed by atoms with van der Waals surface area (Å²) in [4.78, 5) is 21.4. The highest BCUT2D eigenvalue weighted by atomic mass is 16.5. The number of nitrogens with one attached hydrogen (secondary N) is 1. The predicted molar refractivity (Wildman–Crippen MR) is 108 cm³/mol. The Balaban J connectivity index is 1.19. The number of amides is 1. The maximum absolute atomic E-state index is 12.8. The molecule has 2 saturated heterocycles. The lowest BCUT2D eigenvalue weighted by Gasteiger charge is -2.35. The number of ether oxygens (including phenoxy) is 1. The minimum Gasteiger partial charge on any atom is -0.357 e. The molecule has 1 amide bonds. The average molecular weight is 380 g/mol. The number of hydrogen-bond donors (Lipinski definition) is 1. The van der Waals surface area contributed by atoms with Crippen LogP contribution in [0.25, 0.3) is 0 Å². The highest BCUT2D eigenvalue weighted by Gasteiger charge is 2.34. The van der Waals surface area contributed by atoms with Crippen LogP contribution in [0.15, 0.2) is 54.9 Å². The van der Waals surface area contributed by atoms with Gasteiger partial charge in [0, 0.05) is 44.1 Å². The molecule has 1 aromatic carbocycles. The fourth-order valence-corrected chi connectivity index (χ4v) is 3.90. The first kappa shape index (κ1) is 19.1. The summed E-state index contributed by atoms with van der Waals surface area (Å²) >= 11 is 0.